The number of aromatic nitrogens is 4. The number of nitrogens with zero attached hydrogens (tertiary/aromatic N) is 3. The molecular formula is C9H13N5O2. The van der Waals surface area contributed by atoms with Gasteiger partial charge in [-0.2, -0.15) is 9.50 Å². The van der Waals surface area contributed by atoms with Gasteiger partial charge in [0.2, 0.25) is 0 Å². The van der Waals surface area contributed by atoms with Crippen molar-refractivity contribution in [2.45, 2.75) is 26.0 Å². The van der Waals surface area contributed by atoms with Gasteiger partial charge in [-0.05, 0) is 13.8 Å². The Bertz CT molecular complexity index is 571. The predicted molar refractivity (Wildman–Crippen MR) is 57.0 cm³/mol. The molecule has 86 valence electrons. The maximum Gasteiger partial charge on any atom is 0.274 e. The number of hydrogen-bond acceptors (Lipinski definition) is 5. The fourth-order valence-electron chi connectivity index (χ4n) is 1.39. The molecule has 16 heavy (non-hydrogen) atoms. The summed E-state index contributed by atoms with van der Waals surface area (Å²) in [6.45, 7) is 3.27. The smallest absolute Gasteiger partial charge is 0.274 e. The molecule has 0 aliphatic carbocycles. The van der Waals surface area contributed by atoms with Crippen molar-refractivity contribution >= 4 is 5.78 Å². The molecular weight excluding hydrogens is 210 g/mol. The summed E-state index contributed by atoms with van der Waals surface area (Å²) in [5.41, 5.74) is 6.04. The Morgan fingerprint density at radius 2 is 2.25 bits per heavy atom. The molecule has 0 bridgehead atoms. The van der Waals surface area contributed by atoms with E-state index in [1.54, 1.807) is 13.8 Å². The second kappa shape index (κ2) is 3.69. The van der Waals surface area contributed by atoms with Crippen LogP contribution >= 0.6 is 0 Å². The van der Waals surface area contributed by atoms with Gasteiger partial charge in [-0.1, -0.05) is 0 Å². The van der Waals surface area contributed by atoms with E-state index in [0.29, 0.717) is 11.5 Å². The summed E-state index contributed by atoms with van der Waals surface area (Å²) in [5, 5.41) is 12.0. The number of nitrogens with two attached hydrogens (primary N) is 1. The zero-order chi connectivity index (χ0) is 11.9. The summed E-state index contributed by atoms with van der Waals surface area (Å²) >= 11 is 0. The van der Waals surface area contributed by atoms with Gasteiger partial charge in [0, 0.05) is 11.8 Å². The van der Waals surface area contributed by atoms with Gasteiger partial charge in [0.1, 0.15) is 5.82 Å². The average Bonchev–Trinajstić information content (AvgIpc) is 2.60. The van der Waals surface area contributed by atoms with Crippen LogP contribution in [0.15, 0.2) is 10.9 Å². The molecule has 0 spiro atoms. The quantitative estimate of drug-likeness (QED) is 0.611. The van der Waals surface area contributed by atoms with Crippen LogP contribution in [0, 0.1) is 6.92 Å². The van der Waals surface area contributed by atoms with Crippen LogP contribution in [0.5, 0.6) is 0 Å². The molecule has 2 aromatic rings. The highest BCUT2D eigenvalue weighted by Gasteiger charge is 2.17. The monoisotopic (exact) mass is 223 g/mol. The second-order valence-electron chi connectivity index (χ2n) is 3.75. The SMILES string of the molecule is Cc1cc(=O)n2[nH]c(C(N)C(C)O)nc2n1. The number of rotatable bonds is 2. The minimum atomic E-state index is -0.752. The summed E-state index contributed by atoms with van der Waals surface area (Å²) < 4.78 is 1.20. The van der Waals surface area contributed by atoms with Crippen LogP contribution in [-0.4, -0.2) is 30.8 Å². The molecule has 2 unspecified atom stereocenters. The zero-order valence-electron chi connectivity index (χ0n) is 9.01. The first-order valence-corrected chi connectivity index (χ1v) is 4.89. The lowest BCUT2D eigenvalue weighted by molar-refractivity contribution is 0.160. The van der Waals surface area contributed by atoms with Crippen LogP contribution in [-0.2, 0) is 0 Å². The molecule has 0 fully saturated rings. The molecule has 4 N–H and O–H groups in total. The topological polar surface area (TPSA) is 109 Å². The molecule has 0 aromatic carbocycles. The van der Waals surface area contributed by atoms with Crippen LogP contribution < -0.4 is 11.3 Å². The summed E-state index contributed by atoms with van der Waals surface area (Å²) in [7, 11) is 0. The van der Waals surface area contributed by atoms with E-state index >= 15 is 0 Å². The van der Waals surface area contributed by atoms with Gasteiger partial charge >= 0.3 is 0 Å². The molecule has 7 nitrogen and oxygen atoms in total. The fourth-order valence-corrected chi connectivity index (χ4v) is 1.39. The lowest BCUT2D eigenvalue weighted by Gasteiger charge is -2.10. The number of aliphatic hydroxyl groups excluding tert-OH is 1. The number of hydrogen-bond donors (Lipinski definition) is 3. The number of aromatic amines is 1. The third-order valence-electron chi connectivity index (χ3n) is 2.31. The Hall–Kier alpha value is -1.73. The van der Waals surface area contributed by atoms with E-state index in [0.717, 1.165) is 0 Å². The summed E-state index contributed by atoms with van der Waals surface area (Å²) in [6.07, 6.45) is -0.752. The van der Waals surface area contributed by atoms with Gasteiger partial charge < -0.3 is 10.8 Å². The highest BCUT2D eigenvalue weighted by atomic mass is 16.3. The maximum atomic E-state index is 11.6. The van der Waals surface area contributed by atoms with Gasteiger partial charge in [0.25, 0.3) is 11.3 Å². The van der Waals surface area contributed by atoms with E-state index < -0.39 is 12.1 Å². The van der Waals surface area contributed by atoms with Crippen molar-refractivity contribution in [3.63, 3.8) is 0 Å². The Morgan fingerprint density at radius 3 is 2.88 bits per heavy atom. The third-order valence-corrected chi connectivity index (χ3v) is 2.31. The van der Waals surface area contributed by atoms with Gasteiger partial charge in [-0.25, -0.2) is 4.98 Å². The molecule has 7 heteroatoms. The molecule has 0 saturated carbocycles. The van der Waals surface area contributed by atoms with E-state index in [1.165, 1.54) is 10.6 Å². The molecule has 2 rings (SSSR count). The van der Waals surface area contributed by atoms with Gasteiger partial charge in [-0.15, -0.1) is 0 Å². The van der Waals surface area contributed by atoms with E-state index in [-0.39, 0.29) is 11.3 Å². The Morgan fingerprint density at radius 1 is 1.56 bits per heavy atom. The van der Waals surface area contributed by atoms with E-state index in [4.69, 9.17) is 5.73 Å². The average molecular weight is 223 g/mol. The fraction of sp³-hybridized carbons (Fsp3) is 0.444. The Labute approximate surface area is 90.9 Å². The maximum absolute atomic E-state index is 11.6. The Balaban J connectivity index is 2.60. The van der Waals surface area contributed by atoms with Crippen molar-refractivity contribution in [1.82, 2.24) is 19.6 Å². The minimum absolute atomic E-state index is 0.251. The summed E-state index contributed by atoms with van der Waals surface area (Å²) in [5.74, 6) is 0.598. The van der Waals surface area contributed by atoms with Gasteiger partial charge in [0.05, 0.1) is 12.1 Å². The number of nitrogens with one attached hydrogen (secondary N) is 1. The van der Waals surface area contributed by atoms with Crippen molar-refractivity contribution < 1.29 is 5.11 Å². The van der Waals surface area contributed by atoms with Crippen molar-refractivity contribution in [1.29, 1.82) is 0 Å². The molecule has 2 heterocycles. The van der Waals surface area contributed by atoms with Gasteiger partial charge in [-0.3, -0.25) is 9.89 Å². The third kappa shape index (κ3) is 1.70. The largest absolute Gasteiger partial charge is 0.391 e. The number of aryl methyl sites for hydroxylation is 1. The minimum Gasteiger partial charge on any atom is -0.391 e. The first-order valence-electron chi connectivity index (χ1n) is 4.89. The summed E-state index contributed by atoms with van der Waals surface area (Å²) in [4.78, 5) is 19.7. The zero-order valence-corrected chi connectivity index (χ0v) is 9.01. The van der Waals surface area contributed by atoms with Crippen molar-refractivity contribution in [3.05, 3.63) is 27.9 Å². The predicted octanol–water partition coefficient (Wildman–Crippen LogP) is -0.893. The van der Waals surface area contributed by atoms with Crippen molar-refractivity contribution in [2.75, 3.05) is 0 Å². The molecule has 2 aromatic heterocycles. The number of fused-ring (bicyclic) bond motifs is 1. The molecule has 0 radical (unpaired) electrons. The molecule has 0 aliphatic rings. The van der Waals surface area contributed by atoms with Crippen LogP contribution in [0.3, 0.4) is 0 Å². The van der Waals surface area contributed by atoms with Crippen molar-refractivity contribution in [3.8, 4) is 0 Å². The first-order chi connectivity index (χ1) is 7.49. The first kappa shape index (κ1) is 10.8. The van der Waals surface area contributed by atoms with Gasteiger partial charge in [0.15, 0.2) is 0 Å². The van der Waals surface area contributed by atoms with Crippen LogP contribution in [0.1, 0.15) is 24.5 Å². The highest BCUT2D eigenvalue weighted by Crippen LogP contribution is 2.09. The molecule has 0 aliphatic heterocycles. The van der Waals surface area contributed by atoms with E-state index in [9.17, 15) is 9.90 Å². The molecule has 2 atom stereocenters. The van der Waals surface area contributed by atoms with E-state index in [2.05, 4.69) is 15.1 Å². The number of aliphatic hydroxyl groups is 1. The standard InChI is InChI=1S/C9H13N5O2/c1-4-3-6(16)14-9(11-4)12-8(13-14)7(10)5(2)15/h3,5,7,15H,10H2,1-2H3,(H,11,12,13). The highest BCUT2D eigenvalue weighted by molar-refractivity contribution is 5.28. The second-order valence-corrected chi connectivity index (χ2v) is 3.75. The lowest BCUT2D eigenvalue weighted by atomic mass is 10.2. The summed E-state index contributed by atoms with van der Waals surface area (Å²) in [6, 6.07) is 0.726. The normalized spacial score (nSPS) is 15.2. The number of H-pyrrole nitrogens is 1. The van der Waals surface area contributed by atoms with Crippen LogP contribution in [0.25, 0.3) is 5.78 Å². The van der Waals surface area contributed by atoms with Crippen LogP contribution in [0.2, 0.25) is 0 Å². The van der Waals surface area contributed by atoms with Crippen LogP contribution in [0.4, 0.5) is 0 Å². The molecule has 0 saturated heterocycles. The lowest BCUT2D eigenvalue weighted by Crippen LogP contribution is -2.24. The van der Waals surface area contributed by atoms with Crippen molar-refractivity contribution in [2.24, 2.45) is 5.73 Å². The molecule has 0 amide bonds. The Kier molecular flexibility index (Phi) is 2.49. The van der Waals surface area contributed by atoms with E-state index in [1.807, 2.05) is 0 Å².